The van der Waals surface area contributed by atoms with Crippen molar-refractivity contribution in [3.63, 3.8) is 0 Å². The maximum Gasteiger partial charge on any atom is 0.0520 e. The number of benzene rings is 8. The zero-order chi connectivity index (χ0) is 29.5. The first-order valence-corrected chi connectivity index (χ1v) is 16.4. The molecule has 2 unspecified atom stereocenters. The number of hydrogen-bond acceptors (Lipinski definition) is 0. The number of rotatable bonds is 0. The fourth-order valence-corrected chi connectivity index (χ4v) is 9.78. The minimum atomic E-state index is -0.220. The van der Waals surface area contributed by atoms with Gasteiger partial charge in [0, 0.05) is 5.92 Å². The van der Waals surface area contributed by atoms with Crippen LogP contribution in [0.25, 0.3) is 101 Å². The molecule has 8 aromatic carbocycles. The van der Waals surface area contributed by atoms with Crippen molar-refractivity contribution in [2.45, 2.75) is 5.41 Å². The molecule has 0 aliphatic heterocycles. The summed E-state index contributed by atoms with van der Waals surface area (Å²) in [6.07, 6.45) is 17.0. The fourth-order valence-electron chi connectivity index (χ4n) is 9.78. The van der Waals surface area contributed by atoms with E-state index in [4.69, 9.17) is 0 Å². The van der Waals surface area contributed by atoms with Gasteiger partial charge in [0.15, 0.2) is 0 Å². The SMILES string of the molecule is C1=CC2C=c3ccc4cc5c6ccc7cc8c(cc75)C=CC85C=c7ccc8cc9c(ccc%10cc(c1cc%109)C2=c3c4c6)cc8c7=C5. The third kappa shape index (κ3) is 2.52. The number of allylic oxidation sites excluding steroid dienone is 2. The lowest BCUT2D eigenvalue weighted by Gasteiger charge is -2.21. The van der Waals surface area contributed by atoms with Gasteiger partial charge in [0.25, 0.3) is 0 Å². The molecule has 0 N–H and O–H groups in total. The van der Waals surface area contributed by atoms with Crippen molar-refractivity contribution in [2.24, 2.45) is 5.92 Å². The largest absolute Gasteiger partial charge is 0.0726 e. The summed E-state index contributed by atoms with van der Waals surface area (Å²) >= 11 is 0. The highest BCUT2D eigenvalue weighted by molar-refractivity contribution is 6.16. The highest BCUT2D eigenvalue weighted by atomic mass is 14.4. The van der Waals surface area contributed by atoms with Crippen LogP contribution in [-0.2, 0) is 5.41 Å². The smallest absolute Gasteiger partial charge is 0.0520 e. The van der Waals surface area contributed by atoms with Crippen molar-refractivity contribution in [1.29, 1.82) is 0 Å². The van der Waals surface area contributed by atoms with Crippen LogP contribution in [0.15, 0.2) is 109 Å². The molecule has 0 amide bonds. The summed E-state index contributed by atoms with van der Waals surface area (Å²) in [5.74, 6) is 0.296. The lowest BCUT2D eigenvalue weighted by Crippen LogP contribution is -2.24. The average Bonchev–Trinajstić information content (AvgIpc) is 3.77. The van der Waals surface area contributed by atoms with Gasteiger partial charge in [0.1, 0.15) is 0 Å². The molecule has 8 aromatic rings. The molecular weight excluding hydrogens is 553 g/mol. The highest BCUT2D eigenvalue weighted by Gasteiger charge is 2.34. The van der Waals surface area contributed by atoms with Crippen LogP contribution in [0.3, 0.4) is 0 Å². The summed E-state index contributed by atoms with van der Waals surface area (Å²) in [4.78, 5) is 0. The molecule has 208 valence electrons. The molecule has 0 bridgehead atoms. The molecule has 0 saturated carbocycles. The Morgan fingerprint density at radius 2 is 1.09 bits per heavy atom. The first-order chi connectivity index (χ1) is 22.7. The minimum absolute atomic E-state index is 0.220. The fraction of sp³-hybridized carbons (Fsp3) is 0.0435. The van der Waals surface area contributed by atoms with E-state index < -0.39 is 0 Å². The molecule has 0 saturated heterocycles. The maximum absolute atomic E-state index is 2.52. The molecule has 0 heteroatoms. The first kappa shape index (κ1) is 22.7. The Morgan fingerprint density at radius 1 is 0.478 bits per heavy atom. The summed E-state index contributed by atoms with van der Waals surface area (Å²) in [6, 6.07) is 38.3. The lowest BCUT2D eigenvalue weighted by atomic mass is 9.82. The minimum Gasteiger partial charge on any atom is -0.0726 e. The van der Waals surface area contributed by atoms with Crippen molar-refractivity contribution < 1.29 is 0 Å². The van der Waals surface area contributed by atoms with Crippen molar-refractivity contribution >= 4 is 101 Å². The Kier molecular flexibility index (Phi) is 3.57. The predicted molar refractivity (Wildman–Crippen MR) is 196 cm³/mol. The third-order valence-electron chi connectivity index (χ3n) is 11.9. The van der Waals surface area contributed by atoms with Gasteiger partial charge in [0.2, 0.25) is 0 Å². The summed E-state index contributed by atoms with van der Waals surface area (Å²) < 4.78 is 0. The van der Waals surface area contributed by atoms with Gasteiger partial charge < -0.3 is 0 Å². The predicted octanol–water partition coefficient (Wildman–Crippen LogP) is 8.09. The van der Waals surface area contributed by atoms with Crippen LogP contribution in [0.5, 0.6) is 0 Å². The Morgan fingerprint density at radius 3 is 1.91 bits per heavy atom. The van der Waals surface area contributed by atoms with Crippen molar-refractivity contribution in [3.05, 3.63) is 152 Å². The van der Waals surface area contributed by atoms with E-state index in [9.17, 15) is 0 Å². The molecule has 4 aliphatic carbocycles. The van der Waals surface area contributed by atoms with Gasteiger partial charge in [-0.2, -0.15) is 0 Å². The van der Waals surface area contributed by atoms with Crippen LogP contribution in [0.2, 0.25) is 0 Å². The van der Waals surface area contributed by atoms with Gasteiger partial charge >= 0.3 is 0 Å². The van der Waals surface area contributed by atoms with Crippen LogP contribution in [-0.4, -0.2) is 0 Å². The summed E-state index contributed by atoms with van der Waals surface area (Å²) in [7, 11) is 0. The molecule has 0 aromatic heterocycles. The first-order valence-electron chi connectivity index (χ1n) is 16.4. The molecule has 2 atom stereocenters. The van der Waals surface area contributed by atoms with Crippen LogP contribution < -0.4 is 20.9 Å². The maximum atomic E-state index is 2.52. The Balaban J connectivity index is 1.30. The molecule has 0 nitrogen and oxygen atoms in total. The van der Waals surface area contributed by atoms with Gasteiger partial charge in [-0.3, -0.25) is 0 Å². The van der Waals surface area contributed by atoms with Crippen LogP contribution in [0.4, 0.5) is 0 Å². The second-order valence-electron chi connectivity index (χ2n) is 14.2. The Labute approximate surface area is 263 Å². The molecule has 4 aliphatic rings. The molecule has 0 radical (unpaired) electrons. The standard InChI is InChI=1S/C46H24/c1-2-26-18-40-28-5-8-32-13-33-9-6-29-17-37-27(19-41(29)45(33)44(32)40)3-4-30-21-43-31(20-38(30)37)11-12-46(43)22-34-10-7-25-14-35(36(26)16-28)24(1)15-39(25)42(34)23-46/h1-23,32H. The normalized spacial score (nSPS) is 20.3. The van der Waals surface area contributed by atoms with Gasteiger partial charge in [-0.1, -0.05) is 91.1 Å². The third-order valence-corrected chi connectivity index (χ3v) is 11.9. The molecule has 46 heavy (non-hydrogen) atoms. The van der Waals surface area contributed by atoms with Crippen LogP contribution >= 0.6 is 0 Å². The Bertz CT molecular complexity index is 3240. The highest BCUT2D eigenvalue weighted by Crippen LogP contribution is 2.44. The Hall–Kier alpha value is -5.72. The summed E-state index contributed by atoms with van der Waals surface area (Å²) in [6.45, 7) is 0. The van der Waals surface area contributed by atoms with Crippen molar-refractivity contribution in [2.75, 3.05) is 0 Å². The van der Waals surface area contributed by atoms with Crippen LogP contribution in [0, 0.1) is 5.92 Å². The number of fused-ring (bicyclic) bond motifs is 17. The van der Waals surface area contributed by atoms with Gasteiger partial charge in [-0.05, 0) is 162 Å². The monoisotopic (exact) mass is 576 g/mol. The molecule has 0 heterocycles. The van der Waals surface area contributed by atoms with Gasteiger partial charge in [0.05, 0.1) is 5.41 Å². The zero-order valence-corrected chi connectivity index (χ0v) is 24.9. The van der Waals surface area contributed by atoms with E-state index in [0.29, 0.717) is 5.92 Å². The topological polar surface area (TPSA) is 0 Å². The van der Waals surface area contributed by atoms with E-state index in [1.54, 1.807) is 0 Å². The molecular formula is C46H24. The summed E-state index contributed by atoms with van der Waals surface area (Å²) in [5.41, 5.74) is 6.64. The van der Waals surface area contributed by atoms with Gasteiger partial charge in [-0.25, -0.2) is 0 Å². The van der Waals surface area contributed by atoms with E-state index in [-0.39, 0.29) is 5.41 Å². The zero-order valence-electron chi connectivity index (χ0n) is 24.9. The van der Waals surface area contributed by atoms with E-state index in [1.165, 1.54) is 113 Å². The van der Waals surface area contributed by atoms with Crippen molar-refractivity contribution in [1.82, 2.24) is 0 Å². The van der Waals surface area contributed by atoms with E-state index in [2.05, 4.69) is 140 Å². The van der Waals surface area contributed by atoms with E-state index in [0.717, 1.165) is 0 Å². The number of hydrogen-bond donors (Lipinski definition) is 0. The second kappa shape index (κ2) is 7.22. The van der Waals surface area contributed by atoms with E-state index in [1.807, 2.05) is 0 Å². The van der Waals surface area contributed by atoms with Crippen LogP contribution in [0.1, 0.15) is 22.3 Å². The molecule has 1 spiro atoms. The van der Waals surface area contributed by atoms with E-state index >= 15 is 0 Å². The quantitative estimate of drug-likeness (QED) is 0.126. The molecule has 12 rings (SSSR count). The second-order valence-corrected chi connectivity index (χ2v) is 14.2. The lowest BCUT2D eigenvalue weighted by molar-refractivity contribution is 1.00. The van der Waals surface area contributed by atoms with Gasteiger partial charge in [-0.15, -0.1) is 0 Å². The average molecular weight is 577 g/mol. The van der Waals surface area contributed by atoms with Crippen molar-refractivity contribution in [3.8, 4) is 0 Å². The summed E-state index contributed by atoms with van der Waals surface area (Å²) in [5, 5.41) is 21.3. The molecule has 0 fully saturated rings.